The normalized spacial score (nSPS) is 11.9. The maximum Gasteiger partial charge on any atom is 0.134 e. The highest BCUT2D eigenvalue weighted by Gasteiger charge is 2.07. The first kappa shape index (κ1) is 13.6. The van der Waals surface area contributed by atoms with Crippen LogP contribution < -0.4 is 10.1 Å². The standard InChI is InChI=1S/C15H16ClNO2/c1-10(11-3-6-13(19-2)7-4-11)17-12-5-8-15(18)14(16)9-12/h3-10,17-18H,1-2H3. The highest BCUT2D eigenvalue weighted by Crippen LogP contribution is 2.28. The Morgan fingerprint density at radius 3 is 2.42 bits per heavy atom. The van der Waals surface area contributed by atoms with Gasteiger partial charge in [-0.2, -0.15) is 0 Å². The van der Waals surface area contributed by atoms with Gasteiger partial charge in [0, 0.05) is 11.7 Å². The zero-order chi connectivity index (χ0) is 13.8. The third kappa shape index (κ3) is 3.32. The minimum Gasteiger partial charge on any atom is -0.506 e. The monoisotopic (exact) mass is 277 g/mol. The Balaban J connectivity index is 2.10. The number of benzene rings is 2. The van der Waals surface area contributed by atoms with E-state index in [2.05, 4.69) is 12.2 Å². The summed E-state index contributed by atoms with van der Waals surface area (Å²) >= 11 is 5.88. The molecule has 3 nitrogen and oxygen atoms in total. The van der Waals surface area contributed by atoms with Crippen molar-refractivity contribution in [3.05, 3.63) is 53.1 Å². The highest BCUT2D eigenvalue weighted by molar-refractivity contribution is 6.32. The maximum absolute atomic E-state index is 9.38. The van der Waals surface area contributed by atoms with Gasteiger partial charge in [0.2, 0.25) is 0 Å². The van der Waals surface area contributed by atoms with Gasteiger partial charge in [0.15, 0.2) is 0 Å². The number of anilines is 1. The minimum absolute atomic E-state index is 0.0873. The van der Waals surface area contributed by atoms with Crippen molar-refractivity contribution in [3.63, 3.8) is 0 Å². The van der Waals surface area contributed by atoms with Gasteiger partial charge in [-0.25, -0.2) is 0 Å². The third-order valence-corrected chi connectivity index (χ3v) is 3.25. The van der Waals surface area contributed by atoms with Crippen LogP contribution in [0.2, 0.25) is 5.02 Å². The van der Waals surface area contributed by atoms with E-state index in [9.17, 15) is 5.11 Å². The van der Waals surface area contributed by atoms with E-state index in [-0.39, 0.29) is 11.8 Å². The Labute approximate surface area is 117 Å². The zero-order valence-corrected chi connectivity index (χ0v) is 11.6. The molecule has 19 heavy (non-hydrogen) atoms. The van der Waals surface area contributed by atoms with E-state index in [1.807, 2.05) is 24.3 Å². The molecule has 0 aliphatic carbocycles. The molecule has 0 aromatic heterocycles. The third-order valence-electron chi connectivity index (χ3n) is 2.95. The second kappa shape index (κ2) is 5.85. The number of nitrogens with one attached hydrogen (secondary N) is 1. The second-order valence-electron chi connectivity index (χ2n) is 4.31. The number of phenols is 1. The summed E-state index contributed by atoms with van der Waals surface area (Å²) in [5.74, 6) is 0.924. The molecule has 0 spiro atoms. The van der Waals surface area contributed by atoms with Crippen molar-refractivity contribution >= 4 is 17.3 Å². The Kier molecular flexibility index (Phi) is 4.17. The Morgan fingerprint density at radius 1 is 1.16 bits per heavy atom. The topological polar surface area (TPSA) is 41.5 Å². The van der Waals surface area contributed by atoms with Crippen LogP contribution in [0.25, 0.3) is 0 Å². The van der Waals surface area contributed by atoms with Crippen molar-refractivity contribution < 1.29 is 9.84 Å². The van der Waals surface area contributed by atoms with Crippen LogP contribution in [-0.4, -0.2) is 12.2 Å². The number of hydrogen-bond acceptors (Lipinski definition) is 3. The van der Waals surface area contributed by atoms with Crippen molar-refractivity contribution in [2.75, 3.05) is 12.4 Å². The summed E-state index contributed by atoms with van der Waals surface area (Å²) in [7, 11) is 1.65. The SMILES string of the molecule is COc1ccc(C(C)Nc2ccc(O)c(Cl)c2)cc1. The molecule has 2 rings (SSSR count). The molecule has 0 saturated heterocycles. The van der Waals surface area contributed by atoms with Crippen LogP contribution in [-0.2, 0) is 0 Å². The minimum atomic E-state index is 0.0873. The predicted molar refractivity (Wildman–Crippen MR) is 78.1 cm³/mol. The van der Waals surface area contributed by atoms with E-state index >= 15 is 0 Å². The summed E-state index contributed by atoms with van der Waals surface area (Å²) in [4.78, 5) is 0. The van der Waals surface area contributed by atoms with Gasteiger partial charge in [-0.3, -0.25) is 0 Å². The quantitative estimate of drug-likeness (QED) is 0.822. The van der Waals surface area contributed by atoms with Crippen molar-refractivity contribution in [1.29, 1.82) is 0 Å². The summed E-state index contributed by atoms with van der Waals surface area (Å²) in [6, 6.07) is 13.1. The lowest BCUT2D eigenvalue weighted by Gasteiger charge is -2.16. The average molecular weight is 278 g/mol. The Morgan fingerprint density at radius 2 is 1.84 bits per heavy atom. The smallest absolute Gasteiger partial charge is 0.134 e. The summed E-state index contributed by atoms with van der Waals surface area (Å²) in [6.45, 7) is 2.06. The van der Waals surface area contributed by atoms with E-state index < -0.39 is 0 Å². The molecule has 1 atom stereocenters. The molecule has 0 aliphatic heterocycles. The van der Waals surface area contributed by atoms with Crippen LogP contribution in [0.4, 0.5) is 5.69 Å². The van der Waals surface area contributed by atoms with E-state index in [1.165, 1.54) is 0 Å². The van der Waals surface area contributed by atoms with Crippen LogP contribution in [0.5, 0.6) is 11.5 Å². The van der Waals surface area contributed by atoms with Gasteiger partial charge in [0.25, 0.3) is 0 Å². The first-order valence-electron chi connectivity index (χ1n) is 5.99. The van der Waals surface area contributed by atoms with E-state index in [0.29, 0.717) is 5.02 Å². The molecule has 4 heteroatoms. The molecule has 0 fully saturated rings. The van der Waals surface area contributed by atoms with Crippen LogP contribution in [0.3, 0.4) is 0 Å². The van der Waals surface area contributed by atoms with Crippen molar-refractivity contribution in [2.45, 2.75) is 13.0 Å². The number of aromatic hydroxyl groups is 1. The Hall–Kier alpha value is -1.87. The fraction of sp³-hybridized carbons (Fsp3) is 0.200. The maximum atomic E-state index is 9.38. The molecular formula is C15H16ClNO2. The van der Waals surface area contributed by atoms with Gasteiger partial charge in [0.05, 0.1) is 12.1 Å². The van der Waals surface area contributed by atoms with Gasteiger partial charge in [-0.15, -0.1) is 0 Å². The van der Waals surface area contributed by atoms with Crippen molar-refractivity contribution in [2.24, 2.45) is 0 Å². The number of rotatable bonds is 4. The molecule has 0 bridgehead atoms. The molecule has 100 valence electrons. The molecule has 0 aliphatic rings. The molecule has 0 heterocycles. The molecule has 2 aromatic rings. The fourth-order valence-electron chi connectivity index (χ4n) is 1.82. The largest absolute Gasteiger partial charge is 0.506 e. The lowest BCUT2D eigenvalue weighted by atomic mass is 10.1. The summed E-state index contributed by atoms with van der Waals surface area (Å²) in [5.41, 5.74) is 2.01. The van der Waals surface area contributed by atoms with Gasteiger partial charge >= 0.3 is 0 Å². The summed E-state index contributed by atoms with van der Waals surface area (Å²) in [5, 5.41) is 13.0. The van der Waals surface area contributed by atoms with Crippen LogP contribution in [0.15, 0.2) is 42.5 Å². The van der Waals surface area contributed by atoms with E-state index in [1.54, 1.807) is 25.3 Å². The van der Waals surface area contributed by atoms with Gasteiger partial charge in [-0.05, 0) is 42.8 Å². The first-order valence-corrected chi connectivity index (χ1v) is 6.37. The zero-order valence-electron chi connectivity index (χ0n) is 10.9. The molecule has 0 radical (unpaired) electrons. The van der Waals surface area contributed by atoms with Gasteiger partial charge in [0.1, 0.15) is 11.5 Å². The molecule has 0 amide bonds. The summed E-state index contributed by atoms with van der Waals surface area (Å²) < 4.78 is 5.13. The van der Waals surface area contributed by atoms with Crippen molar-refractivity contribution in [1.82, 2.24) is 0 Å². The van der Waals surface area contributed by atoms with Crippen LogP contribution in [0, 0.1) is 0 Å². The Bertz CT molecular complexity index is 555. The first-order chi connectivity index (χ1) is 9.10. The molecule has 0 saturated carbocycles. The lowest BCUT2D eigenvalue weighted by molar-refractivity contribution is 0.414. The average Bonchev–Trinajstić information content (AvgIpc) is 2.43. The second-order valence-corrected chi connectivity index (χ2v) is 4.71. The molecule has 2 aromatic carbocycles. The van der Waals surface area contributed by atoms with Crippen LogP contribution >= 0.6 is 11.6 Å². The van der Waals surface area contributed by atoms with Gasteiger partial charge < -0.3 is 15.2 Å². The number of methoxy groups -OCH3 is 1. The lowest BCUT2D eigenvalue weighted by Crippen LogP contribution is -2.06. The predicted octanol–water partition coefficient (Wildman–Crippen LogP) is 4.23. The molecule has 1 unspecified atom stereocenters. The number of phenolic OH excluding ortho intramolecular Hbond substituents is 1. The van der Waals surface area contributed by atoms with Crippen LogP contribution in [0.1, 0.15) is 18.5 Å². The van der Waals surface area contributed by atoms with Crippen molar-refractivity contribution in [3.8, 4) is 11.5 Å². The molecular weight excluding hydrogens is 262 g/mol. The highest BCUT2D eigenvalue weighted by atomic mass is 35.5. The van der Waals surface area contributed by atoms with E-state index in [4.69, 9.17) is 16.3 Å². The number of ether oxygens (including phenoxy) is 1. The van der Waals surface area contributed by atoms with E-state index in [0.717, 1.165) is 17.0 Å². The van der Waals surface area contributed by atoms with Gasteiger partial charge in [-0.1, -0.05) is 23.7 Å². The number of halogens is 1. The molecule has 2 N–H and O–H groups in total. The fourth-order valence-corrected chi connectivity index (χ4v) is 2.00. The summed E-state index contributed by atoms with van der Waals surface area (Å²) in [6.07, 6.45) is 0. The number of hydrogen-bond donors (Lipinski definition) is 2.